The van der Waals surface area contributed by atoms with E-state index >= 15 is 0 Å². The van der Waals surface area contributed by atoms with Gasteiger partial charge >= 0.3 is 0 Å². The van der Waals surface area contributed by atoms with Crippen molar-refractivity contribution in [2.45, 2.75) is 37.8 Å². The number of amides is 2. The zero-order valence-electron chi connectivity index (χ0n) is 14.7. The van der Waals surface area contributed by atoms with Gasteiger partial charge in [-0.25, -0.2) is 0 Å². The van der Waals surface area contributed by atoms with Gasteiger partial charge in [0.05, 0.1) is 17.7 Å². The molecular formula is C19H24N2O4S. The minimum Gasteiger partial charge on any atom is -0.388 e. The lowest BCUT2D eigenvalue weighted by Crippen LogP contribution is -2.48. The first-order valence-corrected chi connectivity index (χ1v) is 10.7. The van der Waals surface area contributed by atoms with Crippen molar-refractivity contribution in [3.63, 3.8) is 0 Å². The third-order valence-corrected chi connectivity index (χ3v) is 7.02. The highest BCUT2D eigenvalue weighted by atomic mass is 32.2. The van der Waals surface area contributed by atoms with E-state index < -0.39 is 22.9 Å². The van der Waals surface area contributed by atoms with Crippen molar-refractivity contribution in [3.8, 4) is 0 Å². The maximum Gasteiger partial charge on any atom is 0.246 e. The second-order valence-corrected chi connectivity index (χ2v) is 8.93. The highest BCUT2D eigenvalue weighted by molar-refractivity contribution is 7.85. The Balaban J connectivity index is 1.45. The molecule has 7 heteroatoms. The second-order valence-electron chi connectivity index (χ2n) is 7.46. The van der Waals surface area contributed by atoms with Crippen LogP contribution >= 0.6 is 0 Å². The molecule has 1 N–H and O–H groups in total. The molecule has 3 aliphatic rings. The van der Waals surface area contributed by atoms with Gasteiger partial charge in [-0.15, -0.1) is 0 Å². The molecule has 2 amide bonds. The van der Waals surface area contributed by atoms with Crippen molar-refractivity contribution in [2.75, 3.05) is 24.7 Å². The van der Waals surface area contributed by atoms with E-state index in [1.54, 1.807) is 4.90 Å². The highest BCUT2D eigenvalue weighted by Gasteiger charge is 2.42. The number of benzene rings is 1. The number of carbonyl (C=O) groups is 2. The minimum absolute atomic E-state index is 0.0723. The smallest absolute Gasteiger partial charge is 0.246 e. The molecule has 3 unspecified atom stereocenters. The molecule has 4 rings (SSSR count). The molecule has 4 atom stereocenters. The topological polar surface area (TPSA) is 77.9 Å². The number of aliphatic hydroxyl groups is 1. The van der Waals surface area contributed by atoms with Crippen LogP contribution in [0.3, 0.4) is 0 Å². The molecule has 0 aromatic heterocycles. The SMILES string of the molecule is O=C([C@@H]1CS(=O)CN1C(=O)CC1Cc2ccccc2C1O)N1CCCC1. The van der Waals surface area contributed by atoms with Crippen LogP contribution in [-0.2, 0) is 26.8 Å². The van der Waals surface area contributed by atoms with Gasteiger partial charge in [-0.2, -0.15) is 0 Å². The quantitative estimate of drug-likeness (QED) is 0.847. The van der Waals surface area contributed by atoms with E-state index in [1.807, 2.05) is 24.3 Å². The molecule has 0 spiro atoms. The lowest BCUT2D eigenvalue weighted by Gasteiger charge is -2.28. The Hall–Kier alpha value is -1.73. The normalized spacial score (nSPS) is 30.7. The van der Waals surface area contributed by atoms with E-state index in [9.17, 15) is 18.9 Å². The average molecular weight is 376 g/mol. The number of hydrogen-bond donors (Lipinski definition) is 1. The summed E-state index contributed by atoms with van der Waals surface area (Å²) < 4.78 is 12.1. The fraction of sp³-hybridized carbons (Fsp3) is 0.579. The molecule has 6 nitrogen and oxygen atoms in total. The van der Waals surface area contributed by atoms with E-state index in [0.29, 0.717) is 6.42 Å². The van der Waals surface area contributed by atoms with Crippen LogP contribution in [0.1, 0.15) is 36.5 Å². The predicted octanol–water partition coefficient (Wildman–Crippen LogP) is 0.822. The first-order chi connectivity index (χ1) is 12.5. The largest absolute Gasteiger partial charge is 0.388 e. The van der Waals surface area contributed by atoms with Crippen molar-refractivity contribution in [1.29, 1.82) is 0 Å². The fourth-order valence-corrected chi connectivity index (χ4v) is 5.76. The zero-order valence-corrected chi connectivity index (χ0v) is 15.5. The first kappa shape index (κ1) is 17.7. The van der Waals surface area contributed by atoms with Gasteiger partial charge in [-0.3, -0.25) is 13.8 Å². The van der Waals surface area contributed by atoms with Crippen LogP contribution in [0, 0.1) is 5.92 Å². The van der Waals surface area contributed by atoms with Crippen molar-refractivity contribution in [2.24, 2.45) is 5.92 Å². The number of fused-ring (bicyclic) bond motifs is 1. The van der Waals surface area contributed by atoms with Crippen LogP contribution < -0.4 is 0 Å². The molecule has 2 fully saturated rings. The molecule has 2 saturated heterocycles. The number of nitrogens with zero attached hydrogens (tertiary/aromatic N) is 2. The Kier molecular flexibility index (Phi) is 4.84. The molecule has 1 aromatic carbocycles. The maximum absolute atomic E-state index is 12.9. The van der Waals surface area contributed by atoms with Crippen LogP contribution in [0.5, 0.6) is 0 Å². The third-order valence-electron chi connectivity index (χ3n) is 5.77. The van der Waals surface area contributed by atoms with Crippen LogP contribution in [0.4, 0.5) is 0 Å². The van der Waals surface area contributed by atoms with Gasteiger partial charge in [-0.05, 0) is 30.4 Å². The molecule has 1 aromatic rings. The Morgan fingerprint density at radius 1 is 1.19 bits per heavy atom. The van der Waals surface area contributed by atoms with Crippen molar-refractivity contribution in [1.82, 2.24) is 9.80 Å². The first-order valence-electron chi connectivity index (χ1n) is 9.23. The number of rotatable bonds is 3. The second kappa shape index (κ2) is 7.12. The van der Waals surface area contributed by atoms with E-state index in [1.165, 1.54) is 4.90 Å². The fourth-order valence-electron chi connectivity index (χ4n) is 4.34. The van der Waals surface area contributed by atoms with Crippen molar-refractivity contribution < 1.29 is 18.9 Å². The van der Waals surface area contributed by atoms with E-state index in [-0.39, 0.29) is 35.8 Å². The molecule has 0 radical (unpaired) electrons. The number of likely N-dealkylation sites (tertiary alicyclic amines) is 1. The van der Waals surface area contributed by atoms with Gasteiger partial charge in [0.15, 0.2) is 0 Å². The van der Waals surface area contributed by atoms with Gasteiger partial charge in [0.2, 0.25) is 11.8 Å². The lowest BCUT2D eigenvalue weighted by molar-refractivity contribution is -0.143. The molecule has 26 heavy (non-hydrogen) atoms. The summed E-state index contributed by atoms with van der Waals surface area (Å²) >= 11 is 0. The summed E-state index contributed by atoms with van der Waals surface area (Å²) in [5, 5.41) is 10.5. The third kappa shape index (κ3) is 3.18. The highest BCUT2D eigenvalue weighted by Crippen LogP contribution is 2.38. The van der Waals surface area contributed by atoms with Gasteiger partial charge < -0.3 is 14.9 Å². The summed E-state index contributed by atoms with van der Waals surface area (Å²) in [7, 11) is -1.18. The summed E-state index contributed by atoms with van der Waals surface area (Å²) in [6, 6.07) is 7.09. The van der Waals surface area contributed by atoms with Crippen LogP contribution in [0.25, 0.3) is 0 Å². The van der Waals surface area contributed by atoms with Crippen LogP contribution in [0.2, 0.25) is 0 Å². The van der Waals surface area contributed by atoms with Crippen LogP contribution in [0.15, 0.2) is 24.3 Å². The molecule has 2 aliphatic heterocycles. The maximum atomic E-state index is 12.9. The molecule has 2 heterocycles. The zero-order chi connectivity index (χ0) is 18.3. The van der Waals surface area contributed by atoms with Crippen molar-refractivity contribution in [3.05, 3.63) is 35.4 Å². The Labute approximate surface area is 155 Å². The summed E-state index contributed by atoms with van der Waals surface area (Å²) in [4.78, 5) is 28.9. The molecular weight excluding hydrogens is 352 g/mol. The predicted molar refractivity (Wildman–Crippen MR) is 97.5 cm³/mol. The summed E-state index contributed by atoms with van der Waals surface area (Å²) in [6.45, 7) is 1.45. The van der Waals surface area contributed by atoms with Gasteiger partial charge in [-0.1, -0.05) is 24.3 Å². The Bertz CT molecular complexity index is 747. The molecule has 0 bridgehead atoms. The summed E-state index contributed by atoms with van der Waals surface area (Å²) in [5.74, 6) is -0.0772. The van der Waals surface area contributed by atoms with Gasteiger partial charge in [0.25, 0.3) is 0 Å². The average Bonchev–Trinajstić information content (AvgIpc) is 3.35. The Morgan fingerprint density at radius 2 is 1.92 bits per heavy atom. The molecule has 1 aliphatic carbocycles. The standard InChI is InChI=1S/C19H24N2O4S/c22-17(10-14-9-13-5-1-2-6-15(13)18(14)23)21-12-26(25)11-16(21)19(24)20-7-3-4-8-20/h1-2,5-6,14,16,18,23H,3-4,7-12H2/t14?,16-,18?,26?/m0/s1. The van der Waals surface area contributed by atoms with E-state index in [4.69, 9.17) is 0 Å². The number of carbonyl (C=O) groups excluding carboxylic acids is 2. The number of aliphatic hydroxyl groups excluding tert-OH is 1. The van der Waals surface area contributed by atoms with Gasteiger partial charge in [0, 0.05) is 36.2 Å². The monoisotopic (exact) mass is 376 g/mol. The Morgan fingerprint density at radius 3 is 2.65 bits per heavy atom. The van der Waals surface area contributed by atoms with Gasteiger partial charge in [0.1, 0.15) is 6.04 Å². The van der Waals surface area contributed by atoms with E-state index in [0.717, 1.165) is 37.1 Å². The number of hydrogen-bond acceptors (Lipinski definition) is 4. The molecule has 0 saturated carbocycles. The van der Waals surface area contributed by atoms with Crippen molar-refractivity contribution >= 4 is 22.6 Å². The summed E-state index contributed by atoms with van der Waals surface area (Å²) in [6.07, 6.45) is 2.15. The van der Waals surface area contributed by atoms with E-state index in [2.05, 4.69) is 0 Å². The lowest BCUT2D eigenvalue weighted by atomic mass is 9.98. The summed E-state index contributed by atoms with van der Waals surface area (Å²) in [5.41, 5.74) is 1.97. The minimum atomic E-state index is -1.18. The molecule has 140 valence electrons. The van der Waals surface area contributed by atoms with Crippen LogP contribution in [-0.4, -0.2) is 61.7 Å².